The minimum absolute atomic E-state index is 0.0105. The Morgan fingerprint density at radius 1 is 1.03 bits per heavy atom. The zero-order valence-corrected chi connectivity index (χ0v) is 17.2. The summed E-state index contributed by atoms with van der Waals surface area (Å²) in [5, 5.41) is 6.00. The van der Waals surface area contributed by atoms with Crippen molar-refractivity contribution >= 4 is 23.2 Å². The van der Waals surface area contributed by atoms with Crippen LogP contribution < -0.4 is 5.32 Å². The number of hydrogen-bond acceptors (Lipinski definition) is 4. The van der Waals surface area contributed by atoms with Crippen molar-refractivity contribution in [3.05, 3.63) is 58.3 Å². The summed E-state index contributed by atoms with van der Waals surface area (Å²) in [6.07, 6.45) is -4.30. The molecule has 1 N–H and O–H groups in total. The van der Waals surface area contributed by atoms with Gasteiger partial charge >= 0.3 is 12.1 Å². The third-order valence-corrected chi connectivity index (χ3v) is 5.76. The fraction of sp³-hybridized carbons (Fsp3) is 0.429. The van der Waals surface area contributed by atoms with Gasteiger partial charge < -0.3 is 10.2 Å². The molecule has 1 atom stereocenters. The Balaban J connectivity index is 1.67. The van der Waals surface area contributed by atoms with E-state index >= 15 is 0 Å². The SMILES string of the molecule is O=C(C(Cc1ccccc1)NC(=O)C(F)(F)F)N1CCCN(Cc2ccsc2)CC1. The molecule has 5 nitrogen and oxygen atoms in total. The lowest BCUT2D eigenvalue weighted by Crippen LogP contribution is -2.53. The number of nitrogens with zero attached hydrogens (tertiary/aromatic N) is 2. The van der Waals surface area contributed by atoms with E-state index in [-0.39, 0.29) is 6.42 Å². The van der Waals surface area contributed by atoms with Crippen LogP contribution in [0, 0.1) is 0 Å². The summed E-state index contributed by atoms with van der Waals surface area (Å²) in [7, 11) is 0. The summed E-state index contributed by atoms with van der Waals surface area (Å²) in [4.78, 5) is 28.4. The molecule has 1 aliphatic rings. The highest BCUT2D eigenvalue weighted by Crippen LogP contribution is 2.17. The molecule has 2 amide bonds. The molecule has 30 heavy (non-hydrogen) atoms. The minimum atomic E-state index is -5.04. The number of hydrogen-bond donors (Lipinski definition) is 1. The second kappa shape index (κ2) is 10.1. The lowest BCUT2D eigenvalue weighted by atomic mass is 10.0. The second-order valence-electron chi connectivity index (χ2n) is 7.30. The van der Waals surface area contributed by atoms with Crippen molar-refractivity contribution in [2.24, 2.45) is 0 Å². The number of thiophene rings is 1. The third kappa shape index (κ3) is 6.30. The lowest BCUT2D eigenvalue weighted by Gasteiger charge is -2.27. The molecule has 1 unspecified atom stereocenters. The van der Waals surface area contributed by atoms with E-state index in [2.05, 4.69) is 16.3 Å². The fourth-order valence-electron chi connectivity index (χ4n) is 3.50. The average Bonchev–Trinajstić information content (AvgIpc) is 3.11. The Bertz CT molecular complexity index is 828. The maximum absolute atomic E-state index is 13.1. The largest absolute Gasteiger partial charge is 0.471 e. The fourth-order valence-corrected chi connectivity index (χ4v) is 4.16. The van der Waals surface area contributed by atoms with E-state index < -0.39 is 24.0 Å². The molecular formula is C21H24F3N3O2S. The van der Waals surface area contributed by atoms with Gasteiger partial charge in [0.05, 0.1) is 0 Å². The van der Waals surface area contributed by atoms with Gasteiger partial charge in [-0.3, -0.25) is 14.5 Å². The van der Waals surface area contributed by atoms with Gasteiger partial charge in [-0.15, -0.1) is 0 Å². The average molecular weight is 440 g/mol. The number of halogens is 3. The maximum atomic E-state index is 13.1. The van der Waals surface area contributed by atoms with Crippen molar-refractivity contribution in [1.29, 1.82) is 0 Å². The summed E-state index contributed by atoms with van der Waals surface area (Å²) in [5.41, 5.74) is 1.89. The van der Waals surface area contributed by atoms with Crippen LogP contribution in [0.1, 0.15) is 17.5 Å². The molecule has 1 fully saturated rings. The molecule has 1 saturated heterocycles. The first-order valence-corrected chi connectivity index (χ1v) is 10.7. The Hall–Kier alpha value is -2.39. The Labute approximate surface area is 177 Å². The molecule has 3 rings (SSSR count). The summed E-state index contributed by atoms with van der Waals surface area (Å²) < 4.78 is 38.4. The molecular weight excluding hydrogens is 415 g/mol. The predicted octanol–water partition coefficient (Wildman–Crippen LogP) is 3.07. The number of rotatable bonds is 6. The molecule has 162 valence electrons. The first-order valence-electron chi connectivity index (χ1n) is 9.77. The van der Waals surface area contributed by atoms with Gasteiger partial charge in [0.15, 0.2) is 0 Å². The summed E-state index contributed by atoms with van der Waals surface area (Å²) >= 11 is 1.63. The van der Waals surface area contributed by atoms with E-state index in [0.717, 1.165) is 19.5 Å². The van der Waals surface area contributed by atoms with Gasteiger partial charge in [-0.1, -0.05) is 30.3 Å². The summed E-state index contributed by atoms with van der Waals surface area (Å²) in [6, 6.07) is 9.53. The Morgan fingerprint density at radius 3 is 2.47 bits per heavy atom. The predicted molar refractivity (Wildman–Crippen MR) is 109 cm³/mol. The summed E-state index contributed by atoms with van der Waals surface area (Å²) in [5.74, 6) is -2.57. The van der Waals surface area contributed by atoms with Crippen LogP contribution in [0.25, 0.3) is 0 Å². The van der Waals surface area contributed by atoms with E-state index in [4.69, 9.17) is 0 Å². The Morgan fingerprint density at radius 2 is 1.80 bits per heavy atom. The molecule has 9 heteroatoms. The first-order chi connectivity index (χ1) is 14.3. The normalized spacial score (nSPS) is 16.7. The number of benzene rings is 1. The number of carbonyl (C=O) groups is 2. The van der Waals surface area contributed by atoms with Crippen LogP contribution in [0.3, 0.4) is 0 Å². The third-order valence-electron chi connectivity index (χ3n) is 5.03. The molecule has 1 aromatic heterocycles. The minimum Gasteiger partial charge on any atom is -0.340 e. The monoisotopic (exact) mass is 439 g/mol. The highest BCUT2D eigenvalue weighted by Gasteiger charge is 2.41. The number of alkyl halides is 3. The van der Waals surface area contributed by atoms with Crippen molar-refractivity contribution in [1.82, 2.24) is 15.1 Å². The van der Waals surface area contributed by atoms with Gasteiger partial charge in [0.2, 0.25) is 5.91 Å². The second-order valence-corrected chi connectivity index (χ2v) is 8.08. The highest BCUT2D eigenvalue weighted by molar-refractivity contribution is 7.07. The maximum Gasteiger partial charge on any atom is 0.471 e. The van der Waals surface area contributed by atoms with E-state index in [1.165, 1.54) is 5.56 Å². The molecule has 2 aromatic rings. The zero-order chi connectivity index (χ0) is 21.6. The van der Waals surface area contributed by atoms with E-state index in [1.807, 2.05) is 10.7 Å². The van der Waals surface area contributed by atoms with Gasteiger partial charge in [0.25, 0.3) is 0 Å². The van der Waals surface area contributed by atoms with Crippen molar-refractivity contribution in [3.63, 3.8) is 0 Å². The molecule has 1 aromatic carbocycles. The standard InChI is InChI=1S/C21H24F3N3O2S/c22-21(23,24)20(29)25-18(13-16-5-2-1-3-6-16)19(28)27-9-4-8-26(10-11-27)14-17-7-12-30-15-17/h1-3,5-7,12,15,18H,4,8-11,13-14H2,(H,25,29). The van der Waals surface area contributed by atoms with Crippen LogP contribution in [-0.2, 0) is 22.6 Å². The van der Waals surface area contributed by atoms with Crippen molar-refractivity contribution in [2.45, 2.75) is 31.6 Å². The van der Waals surface area contributed by atoms with Crippen molar-refractivity contribution in [3.8, 4) is 0 Å². The van der Waals surface area contributed by atoms with Gasteiger partial charge in [0, 0.05) is 39.1 Å². The van der Waals surface area contributed by atoms with Crippen LogP contribution >= 0.6 is 11.3 Å². The molecule has 0 bridgehead atoms. The molecule has 0 saturated carbocycles. The van der Waals surface area contributed by atoms with Gasteiger partial charge in [-0.2, -0.15) is 24.5 Å². The van der Waals surface area contributed by atoms with Gasteiger partial charge in [-0.05, 0) is 34.4 Å². The highest BCUT2D eigenvalue weighted by atomic mass is 32.1. The van der Waals surface area contributed by atoms with Crippen LogP contribution in [0.15, 0.2) is 47.2 Å². The van der Waals surface area contributed by atoms with Crippen molar-refractivity contribution < 1.29 is 22.8 Å². The van der Waals surface area contributed by atoms with E-state index in [9.17, 15) is 22.8 Å². The van der Waals surface area contributed by atoms with Crippen molar-refractivity contribution in [2.75, 3.05) is 26.2 Å². The number of nitrogens with one attached hydrogen (secondary N) is 1. The van der Waals surface area contributed by atoms with Crippen LogP contribution in [0.2, 0.25) is 0 Å². The molecule has 2 heterocycles. The smallest absolute Gasteiger partial charge is 0.340 e. The quantitative estimate of drug-likeness (QED) is 0.753. The van der Waals surface area contributed by atoms with E-state index in [0.29, 0.717) is 25.2 Å². The number of carbonyl (C=O) groups excluding carboxylic acids is 2. The molecule has 0 spiro atoms. The zero-order valence-electron chi connectivity index (χ0n) is 16.4. The summed E-state index contributed by atoms with van der Waals surface area (Å²) in [6.45, 7) is 3.08. The molecule has 0 radical (unpaired) electrons. The first kappa shape index (κ1) is 22.3. The lowest BCUT2D eigenvalue weighted by molar-refractivity contribution is -0.175. The number of amides is 2. The molecule has 0 aliphatic carbocycles. The van der Waals surface area contributed by atoms with Gasteiger partial charge in [0.1, 0.15) is 6.04 Å². The van der Waals surface area contributed by atoms with Crippen LogP contribution in [-0.4, -0.2) is 60.0 Å². The van der Waals surface area contributed by atoms with Crippen LogP contribution in [0.4, 0.5) is 13.2 Å². The van der Waals surface area contributed by atoms with Gasteiger partial charge in [-0.25, -0.2) is 0 Å². The van der Waals surface area contributed by atoms with Crippen LogP contribution in [0.5, 0.6) is 0 Å². The van der Waals surface area contributed by atoms with E-state index in [1.54, 1.807) is 46.6 Å². The Kier molecular flexibility index (Phi) is 7.49. The topological polar surface area (TPSA) is 52.7 Å². The molecule has 1 aliphatic heterocycles.